The molecule has 0 saturated heterocycles. The summed E-state index contributed by atoms with van der Waals surface area (Å²) in [5.74, 6) is 1.01. The van der Waals surface area contributed by atoms with Crippen molar-refractivity contribution in [3.05, 3.63) is 29.8 Å². The zero-order chi connectivity index (χ0) is 12.3. The van der Waals surface area contributed by atoms with Crippen LogP contribution in [0.5, 0.6) is 5.75 Å². The molecule has 1 fully saturated rings. The van der Waals surface area contributed by atoms with Gasteiger partial charge in [-0.2, -0.15) is 8.78 Å². The third-order valence-corrected chi connectivity index (χ3v) is 3.10. The fraction of sp³-hybridized carbons (Fsp3) is 0.538. The smallest absolute Gasteiger partial charge is 0.387 e. The van der Waals surface area contributed by atoms with E-state index in [1.807, 2.05) is 13.1 Å². The first-order chi connectivity index (χ1) is 8.19. The van der Waals surface area contributed by atoms with E-state index in [9.17, 15) is 8.78 Å². The summed E-state index contributed by atoms with van der Waals surface area (Å²) in [6.07, 6.45) is 3.63. The van der Waals surface area contributed by atoms with Gasteiger partial charge in [-0.3, -0.25) is 0 Å². The van der Waals surface area contributed by atoms with Gasteiger partial charge in [0.05, 0.1) is 0 Å². The molecule has 1 unspecified atom stereocenters. The lowest BCUT2D eigenvalue weighted by Crippen LogP contribution is -2.17. The van der Waals surface area contributed by atoms with Crippen LogP contribution < -0.4 is 10.1 Å². The Morgan fingerprint density at radius 1 is 1.41 bits per heavy atom. The Balaban J connectivity index is 2.06. The van der Waals surface area contributed by atoms with Crippen molar-refractivity contribution in [3.8, 4) is 5.75 Å². The number of halogens is 2. The molecule has 0 aliphatic heterocycles. The SMILES string of the molecule is CNC(CC1CC1)c1cccc(OC(F)F)c1. The Labute approximate surface area is 100.0 Å². The number of hydrogen-bond donors (Lipinski definition) is 1. The number of rotatable bonds is 6. The van der Waals surface area contributed by atoms with Gasteiger partial charge in [-0.15, -0.1) is 0 Å². The van der Waals surface area contributed by atoms with Gasteiger partial charge < -0.3 is 10.1 Å². The number of nitrogens with one attached hydrogen (secondary N) is 1. The molecule has 17 heavy (non-hydrogen) atoms. The molecule has 1 atom stereocenters. The zero-order valence-corrected chi connectivity index (χ0v) is 9.83. The molecule has 1 aliphatic rings. The molecular weight excluding hydrogens is 224 g/mol. The maximum Gasteiger partial charge on any atom is 0.387 e. The van der Waals surface area contributed by atoms with Crippen LogP contribution in [0.2, 0.25) is 0 Å². The second kappa shape index (κ2) is 5.45. The summed E-state index contributed by atoms with van der Waals surface area (Å²) in [6.45, 7) is -2.76. The van der Waals surface area contributed by atoms with Crippen molar-refractivity contribution in [1.29, 1.82) is 0 Å². The van der Waals surface area contributed by atoms with Crippen molar-refractivity contribution >= 4 is 0 Å². The summed E-state index contributed by atoms with van der Waals surface area (Å²) in [5.41, 5.74) is 1.01. The van der Waals surface area contributed by atoms with Crippen molar-refractivity contribution in [3.63, 3.8) is 0 Å². The van der Waals surface area contributed by atoms with Crippen LogP contribution in [0.15, 0.2) is 24.3 Å². The minimum absolute atomic E-state index is 0.226. The molecule has 4 heteroatoms. The highest BCUT2D eigenvalue weighted by molar-refractivity contribution is 5.30. The van der Waals surface area contributed by atoms with Crippen molar-refractivity contribution in [2.24, 2.45) is 5.92 Å². The van der Waals surface area contributed by atoms with Crippen LogP contribution in [0.3, 0.4) is 0 Å². The fourth-order valence-electron chi connectivity index (χ4n) is 2.01. The average molecular weight is 241 g/mol. The lowest BCUT2D eigenvalue weighted by molar-refractivity contribution is -0.0499. The Hall–Kier alpha value is -1.16. The standard InChI is InChI=1S/C13H17F2NO/c1-16-12(7-9-5-6-9)10-3-2-4-11(8-10)17-13(14)15/h2-4,8-9,12-13,16H,5-7H2,1H3. The monoisotopic (exact) mass is 241 g/mol. The molecular formula is C13H17F2NO. The molecule has 2 rings (SSSR count). The summed E-state index contributed by atoms with van der Waals surface area (Å²) in [4.78, 5) is 0. The highest BCUT2D eigenvalue weighted by Crippen LogP contribution is 2.38. The van der Waals surface area contributed by atoms with Crippen LogP contribution in [-0.2, 0) is 0 Å². The van der Waals surface area contributed by atoms with E-state index >= 15 is 0 Å². The maximum absolute atomic E-state index is 12.1. The number of hydrogen-bond acceptors (Lipinski definition) is 2. The predicted octanol–water partition coefficient (Wildman–Crippen LogP) is 3.35. The third kappa shape index (κ3) is 3.66. The van der Waals surface area contributed by atoms with Gasteiger partial charge in [0.15, 0.2) is 0 Å². The Kier molecular flexibility index (Phi) is 3.94. The van der Waals surface area contributed by atoms with E-state index < -0.39 is 6.61 Å². The quantitative estimate of drug-likeness (QED) is 0.824. The predicted molar refractivity (Wildman–Crippen MR) is 62.2 cm³/mol. The van der Waals surface area contributed by atoms with Gasteiger partial charge >= 0.3 is 6.61 Å². The van der Waals surface area contributed by atoms with Gasteiger partial charge in [0.25, 0.3) is 0 Å². The molecule has 94 valence electrons. The van der Waals surface area contributed by atoms with E-state index in [-0.39, 0.29) is 11.8 Å². The van der Waals surface area contributed by atoms with Crippen molar-refractivity contribution < 1.29 is 13.5 Å². The van der Waals surface area contributed by atoms with E-state index in [0.717, 1.165) is 17.9 Å². The largest absolute Gasteiger partial charge is 0.435 e. The van der Waals surface area contributed by atoms with Crippen LogP contribution in [-0.4, -0.2) is 13.7 Å². The number of alkyl halides is 2. The molecule has 0 aromatic heterocycles. The van der Waals surface area contributed by atoms with E-state index in [0.29, 0.717) is 0 Å². The van der Waals surface area contributed by atoms with Gasteiger partial charge in [0.1, 0.15) is 5.75 Å². The minimum atomic E-state index is -2.76. The van der Waals surface area contributed by atoms with Crippen LogP contribution in [0.1, 0.15) is 30.9 Å². The molecule has 1 N–H and O–H groups in total. The highest BCUT2D eigenvalue weighted by Gasteiger charge is 2.25. The van der Waals surface area contributed by atoms with Crippen LogP contribution in [0, 0.1) is 5.92 Å². The Bertz CT molecular complexity index is 366. The number of ether oxygens (including phenoxy) is 1. The first-order valence-corrected chi connectivity index (χ1v) is 5.91. The van der Waals surface area contributed by atoms with Gasteiger partial charge in [-0.25, -0.2) is 0 Å². The highest BCUT2D eigenvalue weighted by atomic mass is 19.3. The second-order valence-corrected chi connectivity index (χ2v) is 4.47. The molecule has 2 nitrogen and oxygen atoms in total. The molecule has 1 aromatic carbocycles. The average Bonchev–Trinajstić information content (AvgIpc) is 3.09. The molecule has 1 aliphatic carbocycles. The number of benzene rings is 1. The molecule has 0 radical (unpaired) electrons. The molecule has 0 amide bonds. The summed E-state index contributed by atoms with van der Waals surface area (Å²) in [7, 11) is 1.90. The Morgan fingerprint density at radius 3 is 2.76 bits per heavy atom. The Morgan fingerprint density at radius 2 is 2.18 bits per heavy atom. The van der Waals surface area contributed by atoms with E-state index in [2.05, 4.69) is 10.1 Å². The van der Waals surface area contributed by atoms with Gasteiger partial charge in [0, 0.05) is 6.04 Å². The van der Waals surface area contributed by atoms with Crippen LogP contribution in [0.4, 0.5) is 8.78 Å². The minimum Gasteiger partial charge on any atom is -0.435 e. The first-order valence-electron chi connectivity index (χ1n) is 5.91. The van der Waals surface area contributed by atoms with Gasteiger partial charge in [-0.05, 0) is 37.1 Å². The molecule has 0 heterocycles. The summed E-state index contributed by atoms with van der Waals surface area (Å²) in [5, 5.41) is 3.23. The lowest BCUT2D eigenvalue weighted by atomic mass is 10.0. The third-order valence-electron chi connectivity index (χ3n) is 3.10. The molecule has 0 bridgehead atoms. The second-order valence-electron chi connectivity index (χ2n) is 4.47. The summed E-state index contributed by atoms with van der Waals surface area (Å²) < 4.78 is 28.6. The molecule has 0 spiro atoms. The lowest BCUT2D eigenvalue weighted by Gasteiger charge is -2.17. The van der Waals surface area contributed by atoms with Crippen LogP contribution in [0.25, 0.3) is 0 Å². The van der Waals surface area contributed by atoms with E-state index in [4.69, 9.17) is 0 Å². The van der Waals surface area contributed by atoms with Crippen LogP contribution >= 0.6 is 0 Å². The topological polar surface area (TPSA) is 21.3 Å². The van der Waals surface area contributed by atoms with Crippen molar-refractivity contribution in [2.75, 3.05) is 7.05 Å². The summed E-state index contributed by atoms with van der Waals surface area (Å²) >= 11 is 0. The first kappa shape index (κ1) is 12.3. The normalized spacial score (nSPS) is 17.2. The van der Waals surface area contributed by atoms with Gasteiger partial charge in [-0.1, -0.05) is 25.0 Å². The maximum atomic E-state index is 12.1. The van der Waals surface area contributed by atoms with Gasteiger partial charge in [0.2, 0.25) is 0 Å². The summed E-state index contributed by atoms with van der Waals surface area (Å²) in [6, 6.07) is 7.17. The zero-order valence-electron chi connectivity index (χ0n) is 9.83. The van der Waals surface area contributed by atoms with Crippen molar-refractivity contribution in [2.45, 2.75) is 31.9 Å². The van der Waals surface area contributed by atoms with Crippen molar-refractivity contribution in [1.82, 2.24) is 5.32 Å². The molecule has 1 saturated carbocycles. The van der Waals surface area contributed by atoms with E-state index in [1.54, 1.807) is 18.2 Å². The fourth-order valence-corrected chi connectivity index (χ4v) is 2.01. The van der Waals surface area contributed by atoms with E-state index in [1.165, 1.54) is 12.8 Å². The molecule has 1 aromatic rings.